The van der Waals surface area contributed by atoms with Gasteiger partial charge in [-0.1, -0.05) is 18.2 Å². The van der Waals surface area contributed by atoms with E-state index in [0.717, 1.165) is 5.56 Å². The molecule has 0 aliphatic heterocycles. The van der Waals surface area contributed by atoms with Gasteiger partial charge < -0.3 is 9.47 Å². The minimum Gasteiger partial charge on any atom is -0.478 e. The number of benzene rings is 1. The Labute approximate surface area is 118 Å². The summed E-state index contributed by atoms with van der Waals surface area (Å²) in [5.41, 5.74) is 5.48. The first kappa shape index (κ1) is 15.8. The quantitative estimate of drug-likeness (QED) is 0.805. The van der Waals surface area contributed by atoms with Crippen LogP contribution < -0.4 is 15.6 Å². The lowest BCUT2D eigenvalue weighted by molar-refractivity contribution is 0.0497. The molecule has 1 rings (SSSR count). The molecule has 0 atom stereocenters. The summed E-state index contributed by atoms with van der Waals surface area (Å²) in [6.07, 6.45) is -0.548. The molecule has 0 aromatic heterocycles. The van der Waals surface area contributed by atoms with Crippen molar-refractivity contribution in [3.05, 3.63) is 29.8 Å². The molecule has 0 aliphatic carbocycles. The maximum absolute atomic E-state index is 11.4. The summed E-state index contributed by atoms with van der Waals surface area (Å²) in [5.74, 6) is 0.604. The summed E-state index contributed by atoms with van der Waals surface area (Å²) in [4.78, 5) is 11.4. The van der Waals surface area contributed by atoms with Gasteiger partial charge >= 0.3 is 6.09 Å². The number of carbonyl (C=O) groups is 1. The Morgan fingerprint density at radius 2 is 2.05 bits per heavy atom. The Bertz CT molecular complexity index is 489. The molecule has 6 nitrogen and oxygen atoms in total. The molecule has 0 unspecified atom stereocenters. The Hall–Kier alpha value is -2.26. The lowest BCUT2D eigenvalue weighted by Gasteiger charge is -2.20. The van der Waals surface area contributed by atoms with Crippen LogP contribution in [0.4, 0.5) is 4.79 Å². The number of ether oxygens (including phenoxy) is 2. The molecule has 2 N–H and O–H groups in total. The zero-order chi connectivity index (χ0) is 15.0. The van der Waals surface area contributed by atoms with E-state index in [1.54, 1.807) is 26.8 Å². The van der Waals surface area contributed by atoms with Crippen molar-refractivity contribution < 1.29 is 14.3 Å². The first-order valence-electron chi connectivity index (χ1n) is 6.22. The smallest absolute Gasteiger partial charge is 0.422 e. The van der Waals surface area contributed by atoms with Crippen LogP contribution in [-0.2, 0) is 11.3 Å². The maximum atomic E-state index is 11.4. The van der Waals surface area contributed by atoms with E-state index in [-0.39, 0.29) is 6.61 Å². The standard InChI is InChI=1S/C14H19N3O3/c1-14(2,3)20-13(18)17-16-10-11-6-4-5-7-12(11)19-9-8-15/h4-7,16H,9-10H2,1-3H3,(H,17,18). The van der Waals surface area contributed by atoms with Crippen molar-refractivity contribution in [2.24, 2.45) is 0 Å². The van der Waals surface area contributed by atoms with Gasteiger partial charge in [-0.3, -0.25) is 5.43 Å². The SMILES string of the molecule is CC(C)(C)OC(=O)NNCc1ccccc1OCC#N. The van der Waals surface area contributed by atoms with Gasteiger partial charge in [-0.2, -0.15) is 5.26 Å². The Balaban J connectivity index is 2.46. The van der Waals surface area contributed by atoms with E-state index in [4.69, 9.17) is 14.7 Å². The van der Waals surface area contributed by atoms with Gasteiger partial charge in [0.2, 0.25) is 0 Å². The van der Waals surface area contributed by atoms with Gasteiger partial charge in [0.1, 0.15) is 17.4 Å². The van der Waals surface area contributed by atoms with Gasteiger partial charge in [-0.25, -0.2) is 10.2 Å². The fourth-order valence-corrected chi connectivity index (χ4v) is 1.42. The summed E-state index contributed by atoms with van der Waals surface area (Å²) in [6, 6.07) is 9.19. The number of hydrogen-bond acceptors (Lipinski definition) is 5. The van der Waals surface area contributed by atoms with E-state index in [9.17, 15) is 4.79 Å². The second-order valence-corrected chi connectivity index (χ2v) is 5.03. The highest BCUT2D eigenvalue weighted by Crippen LogP contribution is 2.17. The zero-order valence-electron chi connectivity index (χ0n) is 11.9. The van der Waals surface area contributed by atoms with Gasteiger partial charge in [0.25, 0.3) is 0 Å². The van der Waals surface area contributed by atoms with Gasteiger partial charge in [0.05, 0.1) is 0 Å². The molecule has 6 heteroatoms. The number of hydrazine groups is 1. The van der Waals surface area contributed by atoms with Crippen molar-refractivity contribution in [2.45, 2.75) is 32.9 Å². The van der Waals surface area contributed by atoms with E-state index in [2.05, 4.69) is 10.9 Å². The Morgan fingerprint density at radius 3 is 2.70 bits per heavy atom. The van der Waals surface area contributed by atoms with Gasteiger partial charge in [-0.15, -0.1) is 0 Å². The normalized spacial score (nSPS) is 10.5. The molecule has 0 saturated heterocycles. The Kier molecular flexibility index (Phi) is 5.81. The molecule has 0 saturated carbocycles. The van der Waals surface area contributed by atoms with Crippen LogP contribution in [0.25, 0.3) is 0 Å². The topological polar surface area (TPSA) is 83.4 Å². The van der Waals surface area contributed by atoms with Crippen LogP contribution >= 0.6 is 0 Å². The van der Waals surface area contributed by atoms with E-state index < -0.39 is 11.7 Å². The fourth-order valence-electron chi connectivity index (χ4n) is 1.42. The largest absolute Gasteiger partial charge is 0.478 e. The van der Waals surface area contributed by atoms with Crippen LogP contribution in [0, 0.1) is 11.3 Å². The molecular weight excluding hydrogens is 258 g/mol. The van der Waals surface area contributed by atoms with Crippen LogP contribution in [0.1, 0.15) is 26.3 Å². The molecule has 0 aliphatic rings. The van der Waals surface area contributed by atoms with Gasteiger partial charge in [-0.05, 0) is 26.8 Å². The number of nitrogens with zero attached hydrogens (tertiary/aromatic N) is 1. The van der Waals surface area contributed by atoms with Crippen LogP contribution in [0.3, 0.4) is 0 Å². The molecule has 0 radical (unpaired) electrons. The lowest BCUT2D eigenvalue weighted by atomic mass is 10.2. The summed E-state index contributed by atoms with van der Waals surface area (Å²) in [7, 11) is 0. The van der Waals surface area contributed by atoms with E-state index in [1.807, 2.05) is 24.3 Å². The van der Waals surface area contributed by atoms with Crippen molar-refractivity contribution >= 4 is 6.09 Å². The predicted octanol–water partition coefficient (Wildman–Crippen LogP) is 2.12. The lowest BCUT2D eigenvalue weighted by Crippen LogP contribution is -2.40. The zero-order valence-corrected chi connectivity index (χ0v) is 11.9. The third-order valence-corrected chi connectivity index (χ3v) is 2.13. The van der Waals surface area contributed by atoms with Gasteiger partial charge in [0, 0.05) is 12.1 Å². The molecular formula is C14H19N3O3. The molecule has 1 amide bonds. The van der Waals surface area contributed by atoms with Crippen molar-refractivity contribution in [2.75, 3.05) is 6.61 Å². The van der Waals surface area contributed by atoms with Crippen molar-refractivity contribution in [3.63, 3.8) is 0 Å². The highest BCUT2D eigenvalue weighted by molar-refractivity contribution is 5.67. The second kappa shape index (κ2) is 7.36. The summed E-state index contributed by atoms with van der Waals surface area (Å²) >= 11 is 0. The van der Waals surface area contributed by atoms with E-state index in [0.29, 0.717) is 12.3 Å². The Morgan fingerprint density at radius 1 is 1.35 bits per heavy atom. The number of amides is 1. The number of rotatable bonds is 5. The molecule has 0 heterocycles. The van der Waals surface area contributed by atoms with E-state index in [1.165, 1.54) is 0 Å². The molecule has 0 fully saturated rings. The number of hydrogen-bond donors (Lipinski definition) is 2. The highest BCUT2D eigenvalue weighted by atomic mass is 16.6. The van der Waals surface area contributed by atoms with Crippen LogP contribution in [0.15, 0.2) is 24.3 Å². The van der Waals surface area contributed by atoms with Crippen molar-refractivity contribution in [3.8, 4) is 11.8 Å². The summed E-state index contributed by atoms with van der Waals surface area (Å²) in [5, 5.41) is 8.51. The number of para-hydroxylation sites is 1. The first-order valence-corrected chi connectivity index (χ1v) is 6.22. The molecule has 0 spiro atoms. The van der Waals surface area contributed by atoms with Crippen molar-refractivity contribution in [1.29, 1.82) is 5.26 Å². The van der Waals surface area contributed by atoms with Crippen LogP contribution in [-0.4, -0.2) is 18.3 Å². The minimum absolute atomic E-state index is 0.0174. The molecule has 1 aromatic carbocycles. The third kappa shape index (κ3) is 6.07. The average Bonchev–Trinajstić information content (AvgIpc) is 2.35. The highest BCUT2D eigenvalue weighted by Gasteiger charge is 2.15. The van der Waals surface area contributed by atoms with Crippen LogP contribution in [0.2, 0.25) is 0 Å². The van der Waals surface area contributed by atoms with E-state index >= 15 is 0 Å². The first-order chi connectivity index (χ1) is 9.42. The number of carbonyl (C=O) groups excluding carboxylic acids is 1. The van der Waals surface area contributed by atoms with Gasteiger partial charge in [0.15, 0.2) is 6.61 Å². The molecule has 108 valence electrons. The number of nitriles is 1. The maximum Gasteiger partial charge on any atom is 0.422 e. The molecule has 20 heavy (non-hydrogen) atoms. The molecule has 0 bridgehead atoms. The monoisotopic (exact) mass is 277 g/mol. The summed E-state index contributed by atoms with van der Waals surface area (Å²) < 4.78 is 10.4. The fraction of sp³-hybridized carbons (Fsp3) is 0.429. The average molecular weight is 277 g/mol. The summed E-state index contributed by atoms with van der Waals surface area (Å²) in [6.45, 7) is 5.71. The molecule has 1 aromatic rings. The number of nitrogens with one attached hydrogen (secondary N) is 2. The van der Waals surface area contributed by atoms with Crippen LogP contribution in [0.5, 0.6) is 5.75 Å². The van der Waals surface area contributed by atoms with Crippen molar-refractivity contribution in [1.82, 2.24) is 10.9 Å². The third-order valence-electron chi connectivity index (χ3n) is 2.13. The minimum atomic E-state index is -0.548. The second-order valence-electron chi connectivity index (χ2n) is 5.03. The predicted molar refractivity (Wildman–Crippen MR) is 73.8 cm³/mol.